The Balaban J connectivity index is 1.67. The number of rotatable bonds is 4. The van der Waals surface area contributed by atoms with Gasteiger partial charge < -0.3 is 24.6 Å². The Morgan fingerprint density at radius 1 is 1.04 bits per heavy atom. The van der Waals surface area contributed by atoms with Gasteiger partial charge >= 0.3 is 6.03 Å². The van der Waals surface area contributed by atoms with Gasteiger partial charge in [0.1, 0.15) is 11.5 Å². The Morgan fingerprint density at radius 3 is 2.33 bits per heavy atom. The highest BCUT2D eigenvalue weighted by molar-refractivity contribution is 6.32. The number of carbonyl (C=O) groups excluding carboxylic acids is 1. The number of hydrogen-bond acceptors (Lipinski definition) is 4. The van der Waals surface area contributed by atoms with Gasteiger partial charge in [-0.15, -0.1) is 0 Å². The van der Waals surface area contributed by atoms with Crippen LogP contribution in [0.1, 0.15) is 5.56 Å². The number of benzene rings is 2. The Hall–Kier alpha value is -2.60. The minimum Gasteiger partial charge on any atom is -0.495 e. The lowest BCUT2D eigenvalue weighted by molar-refractivity contribution is 0.208. The number of nitrogens with one attached hydrogen (secondary N) is 1. The van der Waals surface area contributed by atoms with Crippen LogP contribution in [0.5, 0.6) is 11.5 Å². The number of urea groups is 1. The molecule has 2 aromatic carbocycles. The number of ether oxygens (including phenoxy) is 2. The Labute approximate surface area is 164 Å². The van der Waals surface area contributed by atoms with Gasteiger partial charge in [-0.2, -0.15) is 0 Å². The van der Waals surface area contributed by atoms with E-state index in [2.05, 4.69) is 10.2 Å². The van der Waals surface area contributed by atoms with Crippen LogP contribution in [-0.2, 0) is 0 Å². The first-order valence-electron chi connectivity index (χ1n) is 8.81. The molecule has 1 heterocycles. The van der Waals surface area contributed by atoms with Crippen LogP contribution in [-0.4, -0.2) is 51.3 Å². The van der Waals surface area contributed by atoms with Crippen molar-refractivity contribution in [3.8, 4) is 11.5 Å². The summed E-state index contributed by atoms with van der Waals surface area (Å²) in [6.45, 7) is 4.61. The molecule has 6 nitrogen and oxygen atoms in total. The van der Waals surface area contributed by atoms with Gasteiger partial charge in [-0.25, -0.2) is 4.79 Å². The number of anilines is 2. The van der Waals surface area contributed by atoms with Gasteiger partial charge in [0.2, 0.25) is 0 Å². The van der Waals surface area contributed by atoms with E-state index in [1.807, 2.05) is 42.2 Å². The first-order valence-corrected chi connectivity index (χ1v) is 9.19. The predicted molar refractivity (Wildman–Crippen MR) is 109 cm³/mol. The van der Waals surface area contributed by atoms with Gasteiger partial charge in [0, 0.05) is 44.0 Å². The number of piperazine rings is 1. The monoisotopic (exact) mass is 389 g/mol. The number of hydrogen-bond donors (Lipinski definition) is 1. The van der Waals surface area contributed by atoms with E-state index >= 15 is 0 Å². The van der Waals surface area contributed by atoms with Crippen molar-refractivity contribution in [3.05, 3.63) is 47.0 Å². The van der Waals surface area contributed by atoms with Crippen LogP contribution in [0.2, 0.25) is 5.02 Å². The Bertz CT molecular complexity index is 820. The molecule has 1 saturated heterocycles. The van der Waals surface area contributed by atoms with Gasteiger partial charge in [-0.3, -0.25) is 0 Å². The quantitative estimate of drug-likeness (QED) is 0.858. The molecular formula is C20H24ClN3O3. The zero-order valence-electron chi connectivity index (χ0n) is 15.8. The van der Waals surface area contributed by atoms with E-state index in [0.717, 1.165) is 16.9 Å². The molecule has 2 aromatic rings. The molecule has 0 radical (unpaired) electrons. The lowest BCUT2D eigenvalue weighted by atomic mass is 10.2. The first-order chi connectivity index (χ1) is 13.0. The second-order valence-electron chi connectivity index (χ2n) is 6.38. The van der Waals surface area contributed by atoms with Gasteiger partial charge in [-0.05, 0) is 18.6 Å². The van der Waals surface area contributed by atoms with E-state index < -0.39 is 0 Å². The third kappa shape index (κ3) is 4.22. The third-order valence-corrected chi connectivity index (χ3v) is 5.04. The third-order valence-electron chi connectivity index (χ3n) is 4.75. The van der Waals surface area contributed by atoms with Crippen LogP contribution in [0.3, 0.4) is 0 Å². The van der Waals surface area contributed by atoms with Crippen LogP contribution in [0.4, 0.5) is 16.2 Å². The molecule has 1 N–H and O–H groups in total. The summed E-state index contributed by atoms with van der Waals surface area (Å²) in [5.41, 5.74) is 2.80. The van der Waals surface area contributed by atoms with Crippen LogP contribution in [0, 0.1) is 6.92 Å². The van der Waals surface area contributed by atoms with E-state index in [0.29, 0.717) is 42.7 Å². The molecule has 1 fully saturated rings. The molecule has 0 aromatic heterocycles. The summed E-state index contributed by atoms with van der Waals surface area (Å²) in [5, 5.41) is 3.50. The van der Waals surface area contributed by atoms with Gasteiger partial charge in [-0.1, -0.05) is 29.8 Å². The molecule has 0 bridgehead atoms. The summed E-state index contributed by atoms with van der Waals surface area (Å²) in [5.74, 6) is 1.30. The van der Waals surface area contributed by atoms with Crippen molar-refractivity contribution >= 4 is 29.0 Å². The van der Waals surface area contributed by atoms with Crippen molar-refractivity contribution in [1.29, 1.82) is 0 Å². The smallest absolute Gasteiger partial charge is 0.321 e. The molecule has 1 aliphatic heterocycles. The lowest BCUT2D eigenvalue weighted by Crippen LogP contribution is -2.50. The fraction of sp³-hybridized carbons (Fsp3) is 0.350. The second kappa shape index (κ2) is 8.39. The Morgan fingerprint density at radius 2 is 1.70 bits per heavy atom. The highest BCUT2D eigenvalue weighted by Crippen LogP contribution is 2.38. The summed E-state index contributed by atoms with van der Waals surface area (Å²) in [6, 6.07) is 11.3. The lowest BCUT2D eigenvalue weighted by Gasteiger charge is -2.36. The number of nitrogens with zero attached hydrogens (tertiary/aromatic N) is 2. The molecular weight excluding hydrogens is 366 g/mol. The largest absolute Gasteiger partial charge is 0.495 e. The van der Waals surface area contributed by atoms with Crippen molar-refractivity contribution in [2.24, 2.45) is 0 Å². The average molecular weight is 390 g/mol. The number of amides is 2. The van der Waals surface area contributed by atoms with Crippen LogP contribution in [0.15, 0.2) is 36.4 Å². The molecule has 27 heavy (non-hydrogen) atoms. The zero-order chi connectivity index (χ0) is 19.4. The van der Waals surface area contributed by atoms with E-state index in [4.69, 9.17) is 21.1 Å². The highest BCUT2D eigenvalue weighted by Gasteiger charge is 2.24. The summed E-state index contributed by atoms with van der Waals surface area (Å²) >= 11 is 6.19. The fourth-order valence-corrected chi connectivity index (χ4v) is 3.38. The van der Waals surface area contributed by atoms with Crippen LogP contribution in [0.25, 0.3) is 0 Å². The van der Waals surface area contributed by atoms with Crippen molar-refractivity contribution in [2.75, 3.05) is 50.6 Å². The molecule has 1 aliphatic rings. The van der Waals surface area contributed by atoms with E-state index in [1.54, 1.807) is 20.3 Å². The molecule has 7 heteroatoms. The topological polar surface area (TPSA) is 54.0 Å². The zero-order valence-corrected chi connectivity index (χ0v) is 16.5. The molecule has 0 saturated carbocycles. The number of methoxy groups -OCH3 is 2. The summed E-state index contributed by atoms with van der Waals surface area (Å²) in [7, 11) is 3.21. The molecule has 0 unspecified atom stereocenters. The standard InChI is InChI=1S/C20H24ClN3O3/c1-14-6-4-5-7-16(14)22-20(25)24-10-8-23(9-11-24)17-13-18(26-2)15(21)12-19(17)27-3/h4-7,12-13H,8-11H2,1-3H3,(H,22,25). The molecule has 0 atom stereocenters. The maximum atomic E-state index is 12.6. The first kappa shape index (κ1) is 19.2. The molecule has 2 amide bonds. The van der Waals surface area contributed by atoms with Gasteiger partial charge in [0.25, 0.3) is 0 Å². The normalized spacial score (nSPS) is 14.1. The van der Waals surface area contributed by atoms with Crippen molar-refractivity contribution in [2.45, 2.75) is 6.92 Å². The number of carbonyl (C=O) groups is 1. The van der Waals surface area contributed by atoms with Crippen molar-refractivity contribution in [1.82, 2.24) is 4.90 Å². The molecule has 144 valence electrons. The molecule has 3 rings (SSSR count). The minimum absolute atomic E-state index is 0.0791. The summed E-state index contributed by atoms with van der Waals surface area (Å²) in [6.07, 6.45) is 0. The van der Waals surface area contributed by atoms with Crippen LogP contribution >= 0.6 is 11.6 Å². The van der Waals surface area contributed by atoms with Crippen molar-refractivity contribution in [3.63, 3.8) is 0 Å². The van der Waals surface area contributed by atoms with E-state index in [9.17, 15) is 4.79 Å². The van der Waals surface area contributed by atoms with E-state index in [-0.39, 0.29) is 6.03 Å². The number of aryl methyl sites for hydroxylation is 1. The number of para-hydroxylation sites is 1. The predicted octanol–water partition coefficient (Wildman–Crippen LogP) is 4.02. The van der Waals surface area contributed by atoms with Gasteiger partial charge in [0.15, 0.2) is 0 Å². The minimum atomic E-state index is -0.0791. The van der Waals surface area contributed by atoms with Crippen molar-refractivity contribution < 1.29 is 14.3 Å². The molecule has 0 spiro atoms. The summed E-state index contributed by atoms with van der Waals surface area (Å²) < 4.78 is 10.8. The summed E-state index contributed by atoms with van der Waals surface area (Å²) in [4.78, 5) is 16.6. The fourth-order valence-electron chi connectivity index (χ4n) is 3.15. The highest BCUT2D eigenvalue weighted by atomic mass is 35.5. The number of halogens is 1. The second-order valence-corrected chi connectivity index (χ2v) is 6.78. The maximum absolute atomic E-state index is 12.6. The van der Waals surface area contributed by atoms with Gasteiger partial charge in [0.05, 0.1) is 24.9 Å². The average Bonchev–Trinajstić information content (AvgIpc) is 2.69. The SMILES string of the molecule is COc1cc(N2CCN(C(=O)Nc3ccccc3C)CC2)c(OC)cc1Cl. The van der Waals surface area contributed by atoms with Crippen LogP contribution < -0.4 is 19.7 Å². The Kier molecular flexibility index (Phi) is 5.96. The molecule has 0 aliphatic carbocycles. The maximum Gasteiger partial charge on any atom is 0.321 e. The van der Waals surface area contributed by atoms with E-state index in [1.165, 1.54) is 0 Å².